The number of hydrogen-bond donors (Lipinski definition) is 1. The molecule has 1 aliphatic carbocycles. The van der Waals surface area contributed by atoms with Crippen molar-refractivity contribution < 1.29 is 5.11 Å². The van der Waals surface area contributed by atoms with E-state index >= 15 is 0 Å². The Hall–Kier alpha value is -0.0800. The molecule has 0 aromatic heterocycles. The van der Waals surface area contributed by atoms with Crippen LogP contribution in [0.5, 0.6) is 0 Å². The smallest absolute Gasteiger partial charge is 0.0695 e. The van der Waals surface area contributed by atoms with Crippen molar-refractivity contribution >= 4 is 0 Å². The Morgan fingerprint density at radius 3 is 2.29 bits per heavy atom. The number of aliphatic hydroxyl groups is 1. The molecule has 3 unspecified atom stereocenters. The normalized spacial score (nSPS) is 38.1. The van der Waals surface area contributed by atoms with Crippen LogP contribution in [0.25, 0.3) is 0 Å². The zero-order valence-electron chi connectivity index (χ0n) is 11.4. The van der Waals surface area contributed by atoms with Crippen LogP contribution in [0, 0.1) is 0 Å². The molecule has 2 nitrogen and oxygen atoms in total. The van der Waals surface area contributed by atoms with Crippen molar-refractivity contribution in [2.75, 3.05) is 6.54 Å². The molecule has 3 atom stereocenters. The van der Waals surface area contributed by atoms with Gasteiger partial charge in [-0.15, -0.1) is 0 Å². The summed E-state index contributed by atoms with van der Waals surface area (Å²) in [5.41, 5.74) is 0. The molecule has 2 aliphatic rings. The third-order valence-corrected chi connectivity index (χ3v) is 4.72. The van der Waals surface area contributed by atoms with Gasteiger partial charge in [0, 0.05) is 12.1 Å². The van der Waals surface area contributed by atoms with Crippen LogP contribution in [-0.4, -0.2) is 34.7 Å². The van der Waals surface area contributed by atoms with Crippen LogP contribution < -0.4 is 0 Å². The highest BCUT2D eigenvalue weighted by molar-refractivity contribution is 4.85. The Kier molecular flexibility index (Phi) is 5.30. The fourth-order valence-corrected chi connectivity index (χ4v) is 3.62. The van der Waals surface area contributed by atoms with Crippen molar-refractivity contribution in [3.05, 3.63) is 0 Å². The van der Waals surface area contributed by atoms with Crippen LogP contribution >= 0.6 is 0 Å². The van der Waals surface area contributed by atoms with Gasteiger partial charge >= 0.3 is 0 Å². The van der Waals surface area contributed by atoms with Crippen LogP contribution in [0.1, 0.15) is 71.1 Å². The average Bonchev–Trinajstić information content (AvgIpc) is 2.50. The lowest BCUT2D eigenvalue weighted by molar-refractivity contribution is 0.0135. The van der Waals surface area contributed by atoms with Gasteiger partial charge in [-0.3, -0.25) is 4.90 Å². The molecule has 0 aromatic rings. The zero-order valence-corrected chi connectivity index (χ0v) is 11.4. The summed E-state index contributed by atoms with van der Waals surface area (Å²) in [6.07, 6.45) is 12.8. The second-order valence-electron chi connectivity index (χ2n) is 6.06. The van der Waals surface area contributed by atoms with Crippen molar-refractivity contribution in [2.45, 2.75) is 89.3 Å². The van der Waals surface area contributed by atoms with Gasteiger partial charge in [-0.25, -0.2) is 0 Å². The first kappa shape index (κ1) is 13.4. The molecule has 100 valence electrons. The number of aliphatic hydroxyl groups excluding tert-OH is 1. The maximum absolute atomic E-state index is 10.4. The molecule has 0 spiro atoms. The summed E-state index contributed by atoms with van der Waals surface area (Å²) < 4.78 is 0. The Labute approximate surface area is 106 Å². The first-order valence-electron chi connectivity index (χ1n) is 7.73. The lowest BCUT2D eigenvalue weighted by Crippen LogP contribution is -2.48. The molecule has 1 heterocycles. The minimum Gasteiger partial charge on any atom is -0.391 e. The Morgan fingerprint density at radius 2 is 1.47 bits per heavy atom. The fourth-order valence-electron chi connectivity index (χ4n) is 3.62. The van der Waals surface area contributed by atoms with Crippen LogP contribution in [0.3, 0.4) is 0 Å². The molecule has 2 rings (SSSR count). The quantitative estimate of drug-likeness (QED) is 0.758. The molecule has 0 bridgehead atoms. The third kappa shape index (κ3) is 3.69. The average molecular weight is 239 g/mol. The van der Waals surface area contributed by atoms with E-state index in [1.165, 1.54) is 64.3 Å². The van der Waals surface area contributed by atoms with Gasteiger partial charge in [0.25, 0.3) is 0 Å². The van der Waals surface area contributed by atoms with E-state index < -0.39 is 0 Å². The molecule has 0 radical (unpaired) electrons. The molecule has 1 saturated heterocycles. The molecule has 2 heteroatoms. The largest absolute Gasteiger partial charge is 0.391 e. The van der Waals surface area contributed by atoms with Crippen molar-refractivity contribution in [3.63, 3.8) is 0 Å². The number of hydrogen-bond acceptors (Lipinski definition) is 2. The zero-order chi connectivity index (χ0) is 12.1. The summed E-state index contributed by atoms with van der Waals surface area (Å²) in [6.45, 7) is 3.57. The van der Waals surface area contributed by atoms with E-state index in [1.54, 1.807) is 0 Å². The van der Waals surface area contributed by atoms with Crippen molar-refractivity contribution in [2.24, 2.45) is 0 Å². The van der Waals surface area contributed by atoms with Gasteiger partial charge < -0.3 is 5.11 Å². The van der Waals surface area contributed by atoms with Crippen molar-refractivity contribution in [1.82, 2.24) is 4.90 Å². The summed E-state index contributed by atoms with van der Waals surface area (Å²) in [5, 5.41) is 10.4. The highest BCUT2D eigenvalue weighted by atomic mass is 16.3. The second kappa shape index (κ2) is 6.75. The monoisotopic (exact) mass is 239 g/mol. The third-order valence-electron chi connectivity index (χ3n) is 4.72. The number of nitrogens with zero attached hydrogens (tertiary/aromatic N) is 1. The predicted molar refractivity (Wildman–Crippen MR) is 72.1 cm³/mol. The van der Waals surface area contributed by atoms with Crippen LogP contribution in [-0.2, 0) is 0 Å². The Balaban J connectivity index is 1.99. The second-order valence-corrected chi connectivity index (χ2v) is 6.06. The standard InChI is InChI=1S/C15H29NO/c1-13-9-5-4-8-12-16(13)14-10-6-2-3-7-11-15(14)17/h13-15,17H,2-12H2,1H3. The summed E-state index contributed by atoms with van der Waals surface area (Å²) >= 11 is 0. The molecule has 1 aliphatic heterocycles. The summed E-state index contributed by atoms with van der Waals surface area (Å²) in [5.74, 6) is 0. The van der Waals surface area contributed by atoms with Gasteiger partial charge in [0.05, 0.1) is 6.10 Å². The van der Waals surface area contributed by atoms with Crippen LogP contribution in [0.15, 0.2) is 0 Å². The molecule has 17 heavy (non-hydrogen) atoms. The van der Waals surface area contributed by atoms with Gasteiger partial charge in [0.2, 0.25) is 0 Å². The summed E-state index contributed by atoms with van der Waals surface area (Å²) in [4.78, 5) is 2.63. The first-order chi connectivity index (χ1) is 8.29. The van der Waals surface area contributed by atoms with Crippen LogP contribution in [0.4, 0.5) is 0 Å². The van der Waals surface area contributed by atoms with Gasteiger partial charge in [-0.1, -0.05) is 38.5 Å². The lowest BCUT2D eigenvalue weighted by Gasteiger charge is -2.39. The maximum Gasteiger partial charge on any atom is 0.0695 e. The van der Waals surface area contributed by atoms with E-state index in [-0.39, 0.29) is 6.10 Å². The van der Waals surface area contributed by atoms with Gasteiger partial charge in [0.1, 0.15) is 0 Å². The first-order valence-corrected chi connectivity index (χ1v) is 7.73. The van der Waals surface area contributed by atoms with Crippen molar-refractivity contribution in [1.29, 1.82) is 0 Å². The molecular formula is C15H29NO. The van der Waals surface area contributed by atoms with E-state index in [0.29, 0.717) is 12.1 Å². The van der Waals surface area contributed by atoms with Gasteiger partial charge in [-0.05, 0) is 39.2 Å². The predicted octanol–water partition coefficient (Wildman–Crippen LogP) is 3.33. The van der Waals surface area contributed by atoms with Gasteiger partial charge in [0.15, 0.2) is 0 Å². The minimum absolute atomic E-state index is 0.0733. The number of rotatable bonds is 1. The molecule has 0 aromatic carbocycles. The fraction of sp³-hybridized carbons (Fsp3) is 1.00. The van der Waals surface area contributed by atoms with E-state index in [1.807, 2.05) is 0 Å². The van der Waals surface area contributed by atoms with Crippen molar-refractivity contribution in [3.8, 4) is 0 Å². The van der Waals surface area contributed by atoms with E-state index in [2.05, 4.69) is 11.8 Å². The summed E-state index contributed by atoms with van der Waals surface area (Å²) in [7, 11) is 0. The van der Waals surface area contributed by atoms with E-state index in [0.717, 1.165) is 6.42 Å². The molecule has 1 saturated carbocycles. The molecule has 1 N–H and O–H groups in total. The highest BCUT2D eigenvalue weighted by Crippen LogP contribution is 2.27. The maximum atomic E-state index is 10.4. The summed E-state index contributed by atoms with van der Waals surface area (Å²) in [6, 6.07) is 1.12. The molecule has 0 amide bonds. The minimum atomic E-state index is -0.0733. The SMILES string of the molecule is CC1CCCCCN1C1CCCCCCC1O. The Morgan fingerprint density at radius 1 is 0.824 bits per heavy atom. The lowest BCUT2D eigenvalue weighted by atomic mass is 9.92. The topological polar surface area (TPSA) is 23.5 Å². The molecular weight excluding hydrogens is 210 g/mol. The number of likely N-dealkylation sites (tertiary alicyclic amines) is 1. The highest BCUT2D eigenvalue weighted by Gasteiger charge is 2.30. The van der Waals surface area contributed by atoms with Crippen LogP contribution in [0.2, 0.25) is 0 Å². The molecule has 2 fully saturated rings. The Bertz CT molecular complexity index is 219. The van der Waals surface area contributed by atoms with Gasteiger partial charge in [-0.2, -0.15) is 0 Å². The van der Waals surface area contributed by atoms with E-state index in [9.17, 15) is 5.11 Å². The van der Waals surface area contributed by atoms with E-state index in [4.69, 9.17) is 0 Å².